The van der Waals surface area contributed by atoms with Crippen LogP contribution < -0.4 is 9.47 Å². The van der Waals surface area contributed by atoms with Crippen molar-refractivity contribution in [3.8, 4) is 22.8 Å². The number of aryl methyl sites for hydroxylation is 1. The molecule has 0 N–H and O–H groups in total. The summed E-state index contributed by atoms with van der Waals surface area (Å²) in [6.45, 7) is 1.77. The molecule has 1 aromatic carbocycles. The van der Waals surface area contributed by atoms with Gasteiger partial charge in [-0.15, -0.1) is 0 Å². The van der Waals surface area contributed by atoms with Gasteiger partial charge in [-0.1, -0.05) is 0 Å². The van der Waals surface area contributed by atoms with Gasteiger partial charge in [-0.05, 0) is 37.3 Å². The first kappa shape index (κ1) is 14.8. The normalized spacial score (nSPS) is 10.1. The molecule has 0 spiro atoms. The van der Waals surface area contributed by atoms with Crippen LogP contribution in [0.15, 0.2) is 30.3 Å². The van der Waals surface area contributed by atoms with Crippen LogP contribution in [0.3, 0.4) is 0 Å². The lowest BCUT2D eigenvalue weighted by atomic mass is 10.1. The highest BCUT2D eigenvalue weighted by atomic mass is 16.5. The summed E-state index contributed by atoms with van der Waals surface area (Å²) in [5.74, 6) is 0.898. The molecule has 2 rings (SSSR count). The van der Waals surface area contributed by atoms with Crippen molar-refractivity contribution in [1.29, 1.82) is 0 Å². The molecule has 0 aliphatic carbocycles. The highest BCUT2D eigenvalue weighted by molar-refractivity contribution is 5.90. The maximum absolute atomic E-state index is 11.6. The molecule has 1 heterocycles. The van der Waals surface area contributed by atoms with Crippen LogP contribution in [0.4, 0.5) is 0 Å². The van der Waals surface area contributed by atoms with E-state index in [9.17, 15) is 4.79 Å². The number of rotatable bonds is 4. The van der Waals surface area contributed by atoms with Gasteiger partial charge in [0, 0.05) is 5.56 Å². The average Bonchev–Trinajstić information content (AvgIpc) is 2.53. The van der Waals surface area contributed by atoms with Gasteiger partial charge in [0.25, 0.3) is 0 Å². The molecule has 0 amide bonds. The lowest BCUT2D eigenvalue weighted by molar-refractivity contribution is 0.0599. The third kappa shape index (κ3) is 2.97. The zero-order valence-corrected chi connectivity index (χ0v) is 12.5. The van der Waals surface area contributed by atoms with Crippen molar-refractivity contribution in [3.63, 3.8) is 0 Å². The monoisotopic (exact) mass is 287 g/mol. The van der Waals surface area contributed by atoms with E-state index >= 15 is 0 Å². The van der Waals surface area contributed by atoms with Crippen LogP contribution >= 0.6 is 0 Å². The Morgan fingerprint density at radius 1 is 1.00 bits per heavy atom. The molecule has 5 nitrogen and oxygen atoms in total. The number of hydrogen-bond donors (Lipinski definition) is 0. The Bertz CT molecular complexity index is 667. The number of aromatic nitrogens is 1. The Hall–Kier alpha value is -2.56. The second kappa shape index (κ2) is 6.26. The molecule has 5 heteroatoms. The summed E-state index contributed by atoms with van der Waals surface area (Å²) in [6, 6.07) is 9.04. The first-order valence-corrected chi connectivity index (χ1v) is 6.39. The Balaban J connectivity index is 2.43. The minimum atomic E-state index is -0.390. The zero-order valence-electron chi connectivity index (χ0n) is 12.5. The van der Waals surface area contributed by atoms with E-state index in [1.807, 2.05) is 18.2 Å². The number of pyridine rings is 1. The number of benzene rings is 1. The molecule has 2 aromatic rings. The summed E-state index contributed by atoms with van der Waals surface area (Å²) < 4.78 is 15.2. The van der Waals surface area contributed by atoms with Crippen LogP contribution in [0.2, 0.25) is 0 Å². The standard InChI is InChI=1S/C16H17NO4/c1-10-12(16(18)21-4)6-7-13(17-10)11-5-8-14(19-2)15(9-11)20-3/h5-9H,1-4H3. The molecule has 0 saturated heterocycles. The van der Waals surface area contributed by atoms with Gasteiger partial charge in [-0.25, -0.2) is 4.79 Å². The fraction of sp³-hybridized carbons (Fsp3) is 0.250. The van der Waals surface area contributed by atoms with Crippen LogP contribution in [-0.4, -0.2) is 32.3 Å². The Morgan fingerprint density at radius 3 is 2.29 bits per heavy atom. The minimum Gasteiger partial charge on any atom is -0.493 e. The van der Waals surface area contributed by atoms with E-state index in [2.05, 4.69) is 4.98 Å². The Kier molecular flexibility index (Phi) is 4.42. The van der Waals surface area contributed by atoms with Gasteiger partial charge in [-0.2, -0.15) is 0 Å². The van der Waals surface area contributed by atoms with E-state index in [4.69, 9.17) is 14.2 Å². The number of ether oxygens (including phenoxy) is 3. The second-order valence-electron chi connectivity index (χ2n) is 4.39. The van der Waals surface area contributed by atoms with E-state index in [0.717, 1.165) is 11.3 Å². The summed E-state index contributed by atoms with van der Waals surface area (Å²) in [6.07, 6.45) is 0. The molecule has 0 aliphatic rings. The van der Waals surface area contributed by atoms with E-state index in [1.165, 1.54) is 7.11 Å². The molecule has 21 heavy (non-hydrogen) atoms. The van der Waals surface area contributed by atoms with E-state index in [0.29, 0.717) is 22.8 Å². The number of nitrogens with zero attached hydrogens (tertiary/aromatic N) is 1. The molecular weight excluding hydrogens is 270 g/mol. The van der Waals surface area contributed by atoms with Crippen LogP contribution in [0.5, 0.6) is 11.5 Å². The second-order valence-corrected chi connectivity index (χ2v) is 4.39. The van der Waals surface area contributed by atoms with Crippen molar-refractivity contribution < 1.29 is 19.0 Å². The van der Waals surface area contributed by atoms with Crippen molar-refractivity contribution in [2.24, 2.45) is 0 Å². The van der Waals surface area contributed by atoms with Gasteiger partial charge in [0.15, 0.2) is 11.5 Å². The van der Waals surface area contributed by atoms with Gasteiger partial charge >= 0.3 is 5.97 Å². The van der Waals surface area contributed by atoms with Crippen LogP contribution in [0.25, 0.3) is 11.3 Å². The molecule has 0 saturated carbocycles. The molecule has 0 unspecified atom stereocenters. The van der Waals surface area contributed by atoms with Gasteiger partial charge in [0.05, 0.1) is 38.3 Å². The molecule has 110 valence electrons. The van der Waals surface area contributed by atoms with E-state index in [1.54, 1.807) is 33.3 Å². The minimum absolute atomic E-state index is 0.390. The maximum atomic E-state index is 11.6. The van der Waals surface area contributed by atoms with Crippen LogP contribution in [0.1, 0.15) is 16.1 Å². The fourth-order valence-corrected chi connectivity index (χ4v) is 2.04. The van der Waals surface area contributed by atoms with Crippen molar-refractivity contribution in [3.05, 3.63) is 41.6 Å². The summed E-state index contributed by atoms with van der Waals surface area (Å²) in [4.78, 5) is 16.0. The highest BCUT2D eigenvalue weighted by Crippen LogP contribution is 2.31. The zero-order chi connectivity index (χ0) is 15.4. The molecule has 0 radical (unpaired) electrons. The van der Waals surface area contributed by atoms with E-state index in [-0.39, 0.29) is 5.97 Å². The van der Waals surface area contributed by atoms with Gasteiger partial charge in [-0.3, -0.25) is 4.98 Å². The number of carbonyl (C=O) groups is 1. The number of carbonyl (C=O) groups excluding carboxylic acids is 1. The van der Waals surface area contributed by atoms with Gasteiger partial charge < -0.3 is 14.2 Å². The van der Waals surface area contributed by atoms with Gasteiger partial charge in [0.2, 0.25) is 0 Å². The third-order valence-electron chi connectivity index (χ3n) is 3.17. The SMILES string of the molecule is COC(=O)c1ccc(-c2ccc(OC)c(OC)c2)nc1C. The summed E-state index contributed by atoms with van der Waals surface area (Å²) in [7, 11) is 4.52. The number of methoxy groups -OCH3 is 3. The average molecular weight is 287 g/mol. The number of esters is 1. The fourth-order valence-electron chi connectivity index (χ4n) is 2.04. The maximum Gasteiger partial charge on any atom is 0.339 e. The third-order valence-corrected chi connectivity index (χ3v) is 3.17. The first-order valence-electron chi connectivity index (χ1n) is 6.39. The van der Waals surface area contributed by atoms with Crippen molar-refractivity contribution >= 4 is 5.97 Å². The van der Waals surface area contributed by atoms with Crippen molar-refractivity contribution in [2.75, 3.05) is 21.3 Å². The van der Waals surface area contributed by atoms with E-state index < -0.39 is 0 Å². The molecule has 0 atom stereocenters. The molecule has 0 fully saturated rings. The molecule has 0 bridgehead atoms. The summed E-state index contributed by atoms with van der Waals surface area (Å²) >= 11 is 0. The highest BCUT2D eigenvalue weighted by Gasteiger charge is 2.12. The quantitative estimate of drug-likeness (QED) is 0.809. The lowest BCUT2D eigenvalue weighted by Gasteiger charge is -2.10. The first-order chi connectivity index (χ1) is 10.1. The van der Waals surface area contributed by atoms with Crippen LogP contribution in [-0.2, 0) is 4.74 Å². The van der Waals surface area contributed by atoms with Crippen molar-refractivity contribution in [2.45, 2.75) is 6.92 Å². The Morgan fingerprint density at radius 2 is 1.71 bits per heavy atom. The summed E-state index contributed by atoms with van der Waals surface area (Å²) in [5, 5.41) is 0. The molecule has 0 aliphatic heterocycles. The Labute approximate surface area is 123 Å². The largest absolute Gasteiger partial charge is 0.493 e. The summed E-state index contributed by atoms with van der Waals surface area (Å²) in [5.41, 5.74) is 2.71. The van der Waals surface area contributed by atoms with Crippen molar-refractivity contribution in [1.82, 2.24) is 4.98 Å². The lowest BCUT2D eigenvalue weighted by Crippen LogP contribution is -2.05. The number of hydrogen-bond acceptors (Lipinski definition) is 5. The molecular formula is C16H17NO4. The smallest absolute Gasteiger partial charge is 0.339 e. The van der Waals surface area contributed by atoms with Crippen LogP contribution in [0, 0.1) is 6.92 Å². The van der Waals surface area contributed by atoms with Gasteiger partial charge in [0.1, 0.15) is 0 Å². The predicted octanol–water partition coefficient (Wildman–Crippen LogP) is 2.86. The predicted molar refractivity (Wildman–Crippen MR) is 78.9 cm³/mol. The topological polar surface area (TPSA) is 57.7 Å². The molecule has 1 aromatic heterocycles.